The SMILES string of the molecule is CC1=CC(=O)C2=C(C[C@@H]3C(=CC[C@@H]4C(=O)N(CCc5ccc(O)cc5)C(=O)[C@@H]43)[C@@H]2c2cc(Cl)ccc2O)C1=O. The van der Waals surface area contributed by atoms with E-state index in [1.165, 1.54) is 17.0 Å². The summed E-state index contributed by atoms with van der Waals surface area (Å²) in [6.07, 6.45) is 4.21. The minimum absolute atomic E-state index is 0.0594. The van der Waals surface area contributed by atoms with Crippen molar-refractivity contribution < 1.29 is 29.4 Å². The lowest BCUT2D eigenvalue weighted by atomic mass is 9.59. The Labute approximate surface area is 230 Å². The fourth-order valence-electron chi connectivity index (χ4n) is 6.68. The molecule has 6 rings (SSSR count). The van der Waals surface area contributed by atoms with Gasteiger partial charge in [-0.2, -0.15) is 0 Å². The van der Waals surface area contributed by atoms with E-state index in [1.54, 1.807) is 43.3 Å². The molecule has 2 aromatic rings. The lowest BCUT2D eigenvalue weighted by Gasteiger charge is -2.42. The number of carbonyl (C=O) groups excluding carboxylic acids is 4. The van der Waals surface area contributed by atoms with Crippen molar-refractivity contribution in [2.45, 2.75) is 32.1 Å². The predicted molar refractivity (Wildman–Crippen MR) is 143 cm³/mol. The molecular formula is C31H26ClNO6. The summed E-state index contributed by atoms with van der Waals surface area (Å²) >= 11 is 6.29. The van der Waals surface area contributed by atoms with Crippen LogP contribution in [-0.2, 0) is 25.6 Å². The van der Waals surface area contributed by atoms with Crippen LogP contribution in [0.4, 0.5) is 0 Å². The number of aromatic hydroxyl groups is 2. The number of phenolic OH excluding ortho intramolecular Hbond substituents is 2. The topological polar surface area (TPSA) is 112 Å². The van der Waals surface area contributed by atoms with E-state index in [-0.39, 0.29) is 47.8 Å². The number of amides is 2. The molecule has 8 heteroatoms. The van der Waals surface area contributed by atoms with Gasteiger partial charge in [0, 0.05) is 39.8 Å². The van der Waals surface area contributed by atoms with Gasteiger partial charge in [-0.05, 0) is 74.1 Å². The average Bonchev–Trinajstić information content (AvgIpc) is 3.16. The normalized spacial score (nSPS) is 26.3. The van der Waals surface area contributed by atoms with Crippen LogP contribution in [0.3, 0.4) is 0 Å². The third-order valence-corrected chi connectivity index (χ3v) is 8.75. The van der Waals surface area contributed by atoms with Crippen molar-refractivity contribution in [1.29, 1.82) is 0 Å². The van der Waals surface area contributed by atoms with Gasteiger partial charge in [-0.25, -0.2) is 0 Å². The number of likely N-dealkylation sites (tertiary alicyclic amines) is 1. The zero-order valence-electron chi connectivity index (χ0n) is 21.2. The van der Waals surface area contributed by atoms with Crippen LogP contribution in [0.5, 0.6) is 11.5 Å². The third kappa shape index (κ3) is 4.03. The van der Waals surface area contributed by atoms with Gasteiger partial charge in [0.1, 0.15) is 11.5 Å². The second kappa shape index (κ2) is 9.35. The number of rotatable bonds is 4. The Hall–Kier alpha value is -3.97. The number of fused-ring (bicyclic) bond motifs is 3. The minimum atomic E-state index is -0.742. The Bertz CT molecular complexity index is 1550. The molecule has 1 fully saturated rings. The monoisotopic (exact) mass is 543 g/mol. The summed E-state index contributed by atoms with van der Waals surface area (Å²) in [6.45, 7) is 1.81. The summed E-state index contributed by atoms with van der Waals surface area (Å²) in [6, 6.07) is 11.2. The molecule has 2 aromatic carbocycles. The zero-order chi connectivity index (χ0) is 27.6. The Morgan fingerprint density at radius 2 is 1.72 bits per heavy atom. The lowest BCUT2D eigenvalue weighted by molar-refractivity contribution is -0.140. The molecule has 39 heavy (non-hydrogen) atoms. The second-order valence-electron chi connectivity index (χ2n) is 10.7. The summed E-state index contributed by atoms with van der Waals surface area (Å²) < 4.78 is 0. The Morgan fingerprint density at radius 3 is 2.46 bits per heavy atom. The zero-order valence-corrected chi connectivity index (χ0v) is 21.9. The molecule has 1 heterocycles. The van der Waals surface area contributed by atoms with Gasteiger partial charge in [-0.15, -0.1) is 0 Å². The van der Waals surface area contributed by atoms with Crippen LogP contribution in [0.25, 0.3) is 0 Å². The Kier molecular flexibility index (Phi) is 6.07. The maximum atomic E-state index is 13.8. The maximum Gasteiger partial charge on any atom is 0.233 e. The number of Topliss-reactive ketones (excluding diaryl/α,β-unsaturated/α-hetero) is 1. The first kappa shape index (κ1) is 25.3. The van der Waals surface area contributed by atoms with Crippen molar-refractivity contribution in [3.05, 3.63) is 93.1 Å². The van der Waals surface area contributed by atoms with Crippen LogP contribution < -0.4 is 0 Å². The fraction of sp³-hybridized carbons (Fsp3) is 0.290. The molecule has 0 unspecified atom stereocenters. The van der Waals surface area contributed by atoms with E-state index in [1.807, 2.05) is 6.08 Å². The molecule has 198 valence electrons. The van der Waals surface area contributed by atoms with E-state index in [4.69, 9.17) is 11.6 Å². The molecule has 0 spiro atoms. The molecule has 2 amide bonds. The largest absolute Gasteiger partial charge is 0.508 e. The third-order valence-electron chi connectivity index (χ3n) is 8.51. The number of carbonyl (C=O) groups is 4. The minimum Gasteiger partial charge on any atom is -0.508 e. The Balaban J connectivity index is 1.39. The number of phenols is 2. The highest BCUT2D eigenvalue weighted by atomic mass is 35.5. The van der Waals surface area contributed by atoms with Crippen molar-refractivity contribution in [3.63, 3.8) is 0 Å². The van der Waals surface area contributed by atoms with E-state index in [0.717, 1.165) is 11.1 Å². The maximum absolute atomic E-state index is 13.8. The van der Waals surface area contributed by atoms with Crippen molar-refractivity contribution in [3.8, 4) is 11.5 Å². The molecule has 0 bridgehead atoms. The van der Waals surface area contributed by atoms with Gasteiger partial charge in [0.15, 0.2) is 11.6 Å². The van der Waals surface area contributed by atoms with Crippen LogP contribution in [0.2, 0.25) is 5.02 Å². The highest BCUT2D eigenvalue weighted by Gasteiger charge is 2.56. The van der Waals surface area contributed by atoms with E-state index in [9.17, 15) is 29.4 Å². The van der Waals surface area contributed by atoms with Gasteiger partial charge in [-0.1, -0.05) is 35.4 Å². The molecule has 0 saturated carbocycles. The smallest absolute Gasteiger partial charge is 0.233 e. The summed E-state index contributed by atoms with van der Waals surface area (Å²) in [5, 5.41) is 20.7. The summed E-state index contributed by atoms with van der Waals surface area (Å²) in [4.78, 5) is 55.2. The number of imide groups is 1. The van der Waals surface area contributed by atoms with E-state index >= 15 is 0 Å². The molecule has 0 radical (unpaired) electrons. The highest BCUT2D eigenvalue weighted by molar-refractivity contribution is 6.30. The molecule has 4 atom stereocenters. The fourth-order valence-corrected chi connectivity index (χ4v) is 6.86. The number of hydrogen-bond donors (Lipinski definition) is 2. The first-order valence-corrected chi connectivity index (χ1v) is 13.4. The van der Waals surface area contributed by atoms with Gasteiger partial charge in [-0.3, -0.25) is 24.1 Å². The number of halogens is 1. The number of allylic oxidation sites excluding steroid dienone is 6. The van der Waals surface area contributed by atoms with Crippen LogP contribution in [-0.4, -0.2) is 45.0 Å². The van der Waals surface area contributed by atoms with Crippen LogP contribution in [0.15, 0.2) is 76.9 Å². The van der Waals surface area contributed by atoms with E-state index < -0.39 is 23.7 Å². The van der Waals surface area contributed by atoms with Crippen LogP contribution in [0.1, 0.15) is 36.8 Å². The number of nitrogens with zero attached hydrogens (tertiary/aromatic N) is 1. The molecule has 1 saturated heterocycles. The van der Waals surface area contributed by atoms with E-state index in [2.05, 4.69) is 0 Å². The predicted octanol–water partition coefficient (Wildman–Crippen LogP) is 4.42. The molecule has 4 aliphatic rings. The number of ketones is 2. The van der Waals surface area contributed by atoms with Crippen LogP contribution in [0, 0.1) is 17.8 Å². The molecular weight excluding hydrogens is 518 g/mol. The van der Waals surface area contributed by atoms with Gasteiger partial charge in [0.05, 0.1) is 11.8 Å². The second-order valence-corrected chi connectivity index (χ2v) is 11.1. The van der Waals surface area contributed by atoms with Crippen molar-refractivity contribution in [2.75, 3.05) is 6.54 Å². The first-order chi connectivity index (χ1) is 18.7. The van der Waals surface area contributed by atoms with Gasteiger partial charge in [0.2, 0.25) is 11.8 Å². The Morgan fingerprint density at radius 1 is 0.974 bits per heavy atom. The van der Waals surface area contributed by atoms with E-state index in [0.29, 0.717) is 40.1 Å². The number of benzene rings is 2. The van der Waals surface area contributed by atoms with Gasteiger partial charge >= 0.3 is 0 Å². The lowest BCUT2D eigenvalue weighted by Crippen LogP contribution is -2.40. The van der Waals surface area contributed by atoms with Crippen LogP contribution >= 0.6 is 11.6 Å². The molecule has 2 N–H and O–H groups in total. The molecule has 3 aliphatic carbocycles. The first-order valence-electron chi connectivity index (χ1n) is 13.0. The van der Waals surface area contributed by atoms with Gasteiger partial charge < -0.3 is 10.2 Å². The number of hydrogen-bond acceptors (Lipinski definition) is 6. The summed E-state index contributed by atoms with van der Waals surface area (Å²) in [7, 11) is 0. The van der Waals surface area contributed by atoms with Gasteiger partial charge in [0.25, 0.3) is 0 Å². The van der Waals surface area contributed by atoms with Crippen molar-refractivity contribution in [1.82, 2.24) is 4.90 Å². The van der Waals surface area contributed by atoms with Crippen molar-refractivity contribution in [2.24, 2.45) is 17.8 Å². The summed E-state index contributed by atoms with van der Waals surface area (Å²) in [5.74, 6) is -3.40. The summed E-state index contributed by atoms with van der Waals surface area (Å²) in [5.41, 5.74) is 3.04. The average molecular weight is 544 g/mol. The standard InChI is InChI=1S/C31H26ClNO6/c1-15-12-25(36)28-23(29(15)37)14-21-19(26(28)22-13-17(32)4-9-24(22)35)7-8-20-27(21)31(39)33(30(20)38)11-10-16-2-5-18(34)6-3-16/h2-7,9,12-13,20-21,26-27,34-35H,8,10-11,14H2,1H3/t20-,21+,26+,27-/m0/s1. The molecule has 0 aromatic heterocycles. The quantitative estimate of drug-likeness (QED) is 0.335. The van der Waals surface area contributed by atoms with Crippen molar-refractivity contribution >= 4 is 35.0 Å². The molecule has 1 aliphatic heterocycles. The molecule has 7 nitrogen and oxygen atoms in total. The highest BCUT2D eigenvalue weighted by Crippen LogP contribution is 2.56.